The molecule has 1 N–H and O–H groups in total. The first-order valence-corrected chi connectivity index (χ1v) is 5.39. The molecule has 0 aliphatic rings. The van der Waals surface area contributed by atoms with Crippen LogP contribution in [0.1, 0.15) is 52.9 Å². The van der Waals surface area contributed by atoms with E-state index in [9.17, 15) is 4.79 Å². The summed E-state index contributed by atoms with van der Waals surface area (Å²) in [6.07, 6.45) is 5.15. The van der Waals surface area contributed by atoms with Gasteiger partial charge in [0.1, 0.15) is 0 Å². The molecule has 0 aromatic heterocycles. The van der Waals surface area contributed by atoms with Crippen LogP contribution in [0.2, 0.25) is 0 Å². The molecule has 90 valence electrons. The van der Waals surface area contributed by atoms with Gasteiger partial charge in [-0.05, 0) is 13.3 Å². The second-order valence-electron chi connectivity index (χ2n) is 3.13. The topological polar surface area (TPSA) is 63.6 Å². The number of carbonyl (C=O) groups excluding carboxylic acids is 1. The minimum atomic E-state index is -0.833. The van der Waals surface area contributed by atoms with Crippen molar-refractivity contribution in [1.29, 1.82) is 0 Å². The number of carboxylic acid groups (broad SMARTS) is 1. The Morgan fingerprint density at radius 3 is 2.07 bits per heavy atom. The third-order valence-electron chi connectivity index (χ3n) is 1.54. The van der Waals surface area contributed by atoms with Crippen molar-refractivity contribution in [2.45, 2.75) is 52.9 Å². The molecule has 0 heterocycles. The molecule has 0 fully saturated rings. The van der Waals surface area contributed by atoms with Gasteiger partial charge in [0.05, 0.1) is 6.61 Å². The molecule has 4 heteroatoms. The van der Waals surface area contributed by atoms with Gasteiger partial charge in [0.25, 0.3) is 5.97 Å². The molecule has 0 saturated carbocycles. The van der Waals surface area contributed by atoms with Crippen LogP contribution in [0.25, 0.3) is 0 Å². The highest BCUT2D eigenvalue weighted by molar-refractivity contribution is 5.69. The number of rotatable bonds is 6. The fourth-order valence-electron chi connectivity index (χ4n) is 0.929. The van der Waals surface area contributed by atoms with Gasteiger partial charge in [0, 0.05) is 13.3 Å². The molecule has 0 rings (SSSR count). The van der Waals surface area contributed by atoms with E-state index in [1.165, 1.54) is 12.8 Å². The van der Waals surface area contributed by atoms with Crippen LogP contribution in [0.4, 0.5) is 0 Å². The second kappa shape index (κ2) is 12.9. The smallest absolute Gasteiger partial charge is 0.305 e. The Kier molecular flexibility index (Phi) is 14.1. The quantitative estimate of drug-likeness (QED) is 0.550. The Labute approximate surface area is 91.6 Å². The van der Waals surface area contributed by atoms with Gasteiger partial charge >= 0.3 is 5.97 Å². The lowest BCUT2D eigenvalue weighted by atomic mass is 10.2. The highest BCUT2D eigenvalue weighted by atomic mass is 16.5. The van der Waals surface area contributed by atoms with Gasteiger partial charge in [-0.2, -0.15) is 0 Å². The molecule has 4 nitrogen and oxygen atoms in total. The van der Waals surface area contributed by atoms with Crippen LogP contribution < -0.4 is 0 Å². The van der Waals surface area contributed by atoms with E-state index < -0.39 is 5.97 Å². The molecule has 0 spiro atoms. The number of unbranched alkanes of at least 4 members (excludes halogenated alkanes) is 3. The minimum absolute atomic E-state index is 0.0522. The average Bonchev–Trinajstić information content (AvgIpc) is 2.12. The summed E-state index contributed by atoms with van der Waals surface area (Å²) in [7, 11) is 0. The number of ether oxygens (including phenoxy) is 1. The molecular weight excluding hydrogens is 196 g/mol. The summed E-state index contributed by atoms with van der Waals surface area (Å²) in [4.78, 5) is 19.8. The van der Waals surface area contributed by atoms with Crippen LogP contribution in [0.5, 0.6) is 0 Å². The Morgan fingerprint density at radius 2 is 1.67 bits per heavy atom. The summed E-state index contributed by atoms with van der Waals surface area (Å²) in [5.74, 6) is -0.886. The normalized spacial score (nSPS) is 8.73. The second-order valence-corrected chi connectivity index (χ2v) is 3.13. The van der Waals surface area contributed by atoms with E-state index in [1.54, 1.807) is 0 Å². The summed E-state index contributed by atoms with van der Waals surface area (Å²) < 4.78 is 4.78. The zero-order chi connectivity index (χ0) is 12.1. The molecular formula is C11H22O4. The number of aliphatic carboxylic acids is 1. The first-order valence-electron chi connectivity index (χ1n) is 5.39. The summed E-state index contributed by atoms with van der Waals surface area (Å²) in [5.41, 5.74) is 0. The van der Waals surface area contributed by atoms with E-state index in [-0.39, 0.29) is 5.97 Å². The SMILES string of the molecule is CC(=O)O.CCCCCCC(=O)OCC. The zero-order valence-corrected chi connectivity index (χ0v) is 9.91. The summed E-state index contributed by atoms with van der Waals surface area (Å²) >= 11 is 0. The summed E-state index contributed by atoms with van der Waals surface area (Å²) in [5, 5.41) is 7.42. The third-order valence-corrected chi connectivity index (χ3v) is 1.54. The van der Waals surface area contributed by atoms with Gasteiger partial charge in [-0.25, -0.2) is 0 Å². The van der Waals surface area contributed by atoms with Crippen LogP contribution in [0, 0.1) is 0 Å². The van der Waals surface area contributed by atoms with Gasteiger partial charge in [0.15, 0.2) is 0 Å². The van der Waals surface area contributed by atoms with Crippen molar-refractivity contribution in [3.63, 3.8) is 0 Å². The van der Waals surface area contributed by atoms with E-state index in [0.717, 1.165) is 19.8 Å². The molecule has 15 heavy (non-hydrogen) atoms. The van der Waals surface area contributed by atoms with Gasteiger partial charge in [0.2, 0.25) is 0 Å². The lowest BCUT2D eigenvalue weighted by Gasteiger charge is -2.00. The van der Waals surface area contributed by atoms with Crippen molar-refractivity contribution in [3.8, 4) is 0 Å². The van der Waals surface area contributed by atoms with Crippen LogP contribution in [0.15, 0.2) is 0 Å². The fraction of sp³-hybridized carbons (Fsp3) is 0.818. The van der Waals surface area contributed by atoms with E-state index in [2.05, 4.69) is 6.92 Å². The van der Waals surface area contributed by atoms with Gasteiger partial charge in [-0.3, -0.25) is 9.59 Å². The van der Waals surface area contributed by atoms with Gasteiger partial charge in [-0.1, -0.05) is 26.2 Å². The Morgan fingerprint density at radius 1 is 1.13 bits per heavy atom. The molecule has 0 saturated heterocycles. The predicted molar refractivity (Wildman–Crippen MR) is 58.7 cm³/mol. The van der Waals surface area contributed by atoms with Crippen molar-refractivity contribution in [2.24, 2.45) is 0 Å². The largest absolute Gasteiger partial charge is 0.481 e. The molecule has 0 atom stereocenters. The van der Waals surface area contributed by atoms with Crippen molar-refractivity contribution in [2.75, 3.05) is 6.61 Å². The average molecular weight is 218 g/mol. The number of esters is 1. The molecule has 0 amide bonds. The van der Waals surface area contributed by atoms with Crippen LogP contribution >= 0.6 is 0 Å². The zero-order valence-electron chi connectivity index (χ0n) is 9.91. The maximum Gasteiger partial charge on any atom is 0.305 e. The number of hydrogen-bond donors (Lipinski definition) is 1. The van der Waals surface area contributed by atoms with Gasteiger partial charge < -0.3 is 9.84 Å². The highest BCUT2D eigenvalue weighted by Crippen LogP contribution is 2.02. The van der Waals surface area contributed by atoms with Crippen molar-refractivity contribution in [1.82, 2.24) is 0 Å². The first-order chi connectivity index (χ1) is 7.04. The maximum absolute atomic E-state index is 10.8. The molecule has 0 aliphatic carbocycles. The molecule has 0 aromatic rings. The van der Waals surface area contributed by atoms with Crippen molar-refractivity contribution >= 4 is 11.9 Å². The molecule has 0 aliphatic heterocycles. The number of carbonyl (C=O) groups is 2. The van der Waals surface area contributed by atoms with E-state index in [4.69, 9.17) is 14.6 Å². The molecule has 0 unspecified atom stereocenters. The summed E-state index contributed by atoms with van der Waals surface area (Å²) in [6.45, 7) is 5.58. The van der Waals surface area contributed by atoms with Crippen LogP contribution in [0.3, 0.4) is 0 Å². The number of hydrogen-bond acceptors (Lipinski definition) is 3. The number of carboxylic acids is 1. The van der Waals surface area contributed by atoms with E-state index in [1.807, 2.05) is 6.92 Å². The van der Waals surface area contributed by atoms with Crippen molar-refractivity contribution in [3.05, 3.63) is 0 Å². The monoisotopic (exact) mass is 218 g/mol. The minimum Gasteiger partial charge on any atom is -0.481 e. The van der Waals surface area contributed by atoms with E-state index >= 15 is 0 Å². The molecule has 0 bridgehead atoms. The Balaban J connectivity index is 0. The lowest BCUT2D eigenvalue weighted by molar-refractivity contribution is -0.143. The van der Waals surface area contributed by atoms with Crippen molar-refractivity contribution < 1.29 is 19.4 Å². The first kappa shape index (κ1) is 16.4. The fourth-order valence-corrected chi connectivity index (χ4v) is 0.929. The highest BCUT2D eigenvalue weighted by Gasteiger charge is 1.99. The summed E-state index contributed by atoms with van der Waals surface area (Å²) in [6, 6.07) is 0. The maximum atomic E-state index is 10.8. The molecule has 0 aromatic carbocycles. The van der Waals surface area contributed by atoms with Crippen LogP contribution in [-0.4, -0.2) is 23.7 Å². The Bertz CT molecular complexity index is 162. The van der Waals surface area contributed by atoms with Gasteiger partial charge in [-0.15, -0.1) is 0 Å². The van der Waals surface area contributed by atoms with E-state index in [0.29, 0.717) is 13.0 Å². The lowest BCUT2D eigenvalue weighted by Crippen LogP contribution is -2.02. The molecule has 0 radical (unpaired) electrons. The predicted octanol–water partition coefficient (Wildman–Crippen LogP) is 2.61. The Hall–Kier alpha value is -1.06. The van der Waals surface area contributed by atoms with Crippen LogP contribution in [-0.2, 0) is 14.3 Å². The third kappa shape index (κ3) is 24.6. The standard InChI is InChI=1S/C9H18O2.C2H4O2/c1-3-5-6-7-8-9(10)11-4-2;1-2(3)4/h3-8H2,1-2H3;1H3,(H,3,4).